The van der Waals surface area contributed by atoms with E-state index in [9.17, 15) is 17.6 Å². The van der Waals surface area contributed by atoms with Crippen LogP contribution in [0.4, 0.5) is 17.6 Å². The van der Waals surface area contributed by atoms with Gasteiger partial charge in [-0.3, -0.25) is 0 Å². The first kappa shape index (κ1) is 13.3. The summed E-state index contributed by atoms with van der Waals surface area (Å²) >= 11 is 0. The van der Waals surface area contributed by atoms with Crippen molar-refractivity contribution in [3.8, 4) is 11.5 Å². The van der Waals surface area contributed by atoms with E-state index in [1.165, 1.54) is 6.07 Å². The van der Waals surface area contributed by atoms with Crippen LogP contribution in [0.2, 0.25) is 0 Å². The number of aromatic nitrogens is 1. The smallest absolute Gasteiger partial charge is 0.255 e. The molecule has 1 aromatic carbocycles. The number of halogens is 4. The fraction of sp³-hybridized carbons (Fsp3) is 0.154. The molecule has 0 amide bonds. The Labute approximate surface area is 106 Å². The van der Waals surface area contributed by atoms with Crippen molar-refractivity contribution < 1.29 is 22.3 Å². The summed E-state index contributed by atoms with van der Waals surface area (Å²) in [7, 11) is 0. The zero-order valence-electron chi connectivity index (χ0n) is 10.1. The van der Waals surface area contributed by atoms with Crippen molar-refractivity contribution in [3.05, 3.63) is 52.9 Å². The van der Waals surface area contributed by atoms with Crippen LogP contribution in [-0.2, 0) is 0 Å². The van der Waals surface area contributed by atoms with E-state index in [0.717, 1.165) is 5.56 Å². The van der Waals surface area contributed by atoms with Crippen molar-refractivity contribution in [1.82, 2.24) is 4.98 Å². The molecule has 2 aromatic rings. The maximum Gasteiger partial charge on any atom is 0.255 e. The maximum atomic E-state index is 13.4. The Morgan fingerprint density at radius 1 is 0.947 bits per heavy atom. The first-order chi connectivity index (χ1) is 8.90. The third-order valence-corrected chi connectivity index (χ3v) is 2.51. The monoisotopic (exact) mass is 271 g/mol. The summed E-state index contributed by atoms with van der Waals surface area (Å²) in [6.07, 6.45) is 0. The molecule has 0 radical (unpaired) electrons. The number of nitrogens with zero attached hydrogens (tertiary/aromatic N) is 1. The van der Waals surface area contributed by atoms with E-state index in [2.05, 4.69) is 4.98 Å². The molecule has 0 atom stereocenters. The molecular formula is C13H9F4NO. The Kier molecular flexibility index (Phi) is 3.42. The van der Waals surface area contributed by atoms with Crippen molar-refractivity contribution in [2.24, 2.45) is 0 Å². The van der Waals surface area contributed by atoms with Gasteiger partial charge in [-0.05, 0) is 31.0 Å². The number of hydrogen-bond donors (Lipinski definition) is 0. The molecule has 0 N–H and O–H groups in total. The highest BCUT2D eigenvalue weighted by atomic mass is 19.2. The lowest BCUT2D eigenvalue weighted by molar-refractivity contribution is 0.342. The number of ether oxygens (including phenoxy) is 1. The van der Waals surface area contributed by atoms with Crippen LogP contribution < -0.4 is 4.74 Å². The Bertz CT molecular complexity index is 617. The molecule has 100 valence electrons. The summed E-state index contributed by atoms with van der Waals surface area (Å²) in [6, 6.07) is 4.93. The second-order valence-electron chi connectivity index (χ2n) is 4.02. The van der Waals surface area contributed by atoms with Gasteiger partial charge in [0.05, 0.1) is 0 Å². The van der Waals surface area contributed by atoms with Crippen molar-refractivity contribution in [1.29, 1.82) is 0 Å². The molecule has 1 heterocycles. The summed E-state index contributed by atoms with van der Waals surface area (Å²) in [5.74, 6) is -7.86. The summed E-state index contributed by atoms with van der Waals surface area (Å²) in [5, 5.41) is 0. The molecule has 2 nitrogen and oxygen atoms in total. The topological polar surface area (TPSA) is 22.1 Å². The summed E-state index contributed by atoms with van der Waals surface area (Å²) in [6.45, 7) is 3.38. The SMILES string of the molecule is Cc1ccc(C)c(Oc2c(F)c(F)nc(F)c2F)c1. The van der Waals surface area contributed by atoms with Gasteiger partial charge in [0.2, 0.25) is 17.4 Å². The van der Waals surface area contributed by atoms with E-state index in [4.69, 9.17) is 4.74 Å². The fourth-order valence-corrected chi connectivity index (χ4v) is 1.48. The van der Waals surface area contributed by atoms with Crippen LogP contribution in [0.3, 0.4) is 0 Å². The second kappa shape index (κ2) is 4.87. The van der Waals surface area contributed by atoms with Crippen molar-refractivity contribution >= 4 is 0 Å². The number of hydrogen-bond acceptors (Lipinski definition) is 2. The van der Waals surface area contributed by atoms with Gasteiger partial charge in [0.15, 0.2) is 0 Å². The van der Waals surface area contributed by atoms with Crippen molar-refractivity contribution in [3.63, 3.8) is 0 Å². The molecule has 6 heteroatoms. The van der Waals surface area contributed by atoms with E-state index < -0.39 is 29.3 Å². The minimum atomic E-state index is -1.75. The van der Waals surface area contributed by atoms with E-state index >= 15 is 0 Å². The maximum absolute atomic E-state index is 13.4. The first-order valence-electron chi connectivity index (χ1n) is 5.35. The van der Waals surface area contributed by atoms with E-state index in [0.29, 0.717) is 5.56 Å². The molecule has 0 bridgehead atoms. The fourth-order valence-electron chi connectivity index (χ4n) is 1.48. The third-order valence-electron chi connectivity index (χ3n) is 2.51. The zero-order valence-corrected chi connectivity index (χ0v) is 10.1. The highest BCUT2D eigenvalue weighted by molar-refractivity contribution is 5.40. The van der Waals surface area contributed by atoms with Crippen LogP contribution in [0.15, 0.2) is 18.2 Å². The molecule has 0 unspecified atom stereocenters. The van der Waals surface area contributed by atoms with Gasteiger partial charge in [-0.2, -0.15) is 22.5 Å². The Morgan fingerprint density at radius 2 is 1.53 bits per heavy atom. The summed E-state index contributed by atoms with van der Waals surface area (Å²) < 4.78 is 57.6. The standard InChI is InChI=1S/C13H9F4NO/c1-6-3-4-7(2)8(5-6)19-11-9(14)12(16)18-13(17)10(11)15/h3-5H,1-2H3. The first-order valence-corrected chi connectivity index (χ1v) is 5.35. The van der Waals surface area contributed by atoms with Gasteiger partial charge in [-0.15, -0.1) is 0 Å². The molecular weight excluding hydrogens is 262 g/mol. The van der Waals surface area contributed by atoms with E-state index in [1.807, 2.05) is 0 Å². The van der Waals surface area contributed by atoms with Crippen LogP contribution in [0, 0.1) is 37.4 Å². The molecule has 0 saturated heterocycles. The average Bonchev–Trinajstić information content (AvgIpc) is 2.36. The van der Waals surface area contributed by atoms with Gasteiger partial charge in [-0.1, -0.05) is 12.1 Å². The largest absolute Gasteiger partial charge is 0.451 e. The number of pyridine rings is 1. The predicted octanol–water partition coefficient (Wildman–Crippen LogP) is 4.05. The molecule has 0 saturated carbocycles. The Hall–Kier alpha value is -2.11. The zero-order chi connectivity index (χ0) is 14.2. The number of aryl methyl sites for hydroxylation is 2. The van der Waals surface area contributed by atoms with Crippen LogP contribution in [0.1, 0.15) is 11.1 Å². The minimum absolute atomic E-state index is 0.114. The lowest BCUT2D eigenvalue weighted by Crippen LogP contribution is -2.03. The lowest BCUT2D eigenvalue weighted by atomic mass is 10.1. The third kappa shape index (κ3) is 2.52. The molecule has 0 aliphatic rings. The highest BCUT2D eigenvalue weighted by Gasteiger charge is 2.23. The summed E-state index contributed by atoms with van der Waals surface area (Å²) in [4.78, 5) is 2.45. The van der Waals surface area contributed by atoms with Crippen LogP contribution >= 0.6 is 0 Å². The summed E-state index contributed by atoms with van der Waals surface area (Å²) in [5.41, 5.74) is 1.35. The quantitative estimate of drug-likeness (QED) is 0.607. The van der Waals surface area contributed by atoms with Gasteiger partial charge >= 0.3 is 0 Å². The van der Waals surface area contributed by atoms with Crippen LogP contribution in [-0.4, -0.2) is 4.98 Å². The van der Waals surface area contributed by atoms with E-state index in [-0.39, 0.29) is 5.75 Å². The van der Waals surface area contributed by atoms with Gasteiger partial charge in [0.1, 0.15) is 5.75 Å². The van der Waals surface area contributed by atoms with Gasteiger partial charge in [-0.25, -0.2) is 0 Å². The molecule has 19 heavy (non-hydrogen) atoms. The van der Waals surface area contributed by atoms with E-state index in [1.54, 1.807) is 26.0 Å². The predicted molar refractivity (Wildman–Crippen MR) is 60.1 cm³/mol. The highest BCUT2D eigenvalue weighted by Crippen LogP contribution is 2.31. The normalized spacial score (nSPS) is 10.6. The van der Waals surface area contributed by atoms with Gasteiger partial charge in [0.25, 0.3) is 11.9 Å². The lowest BCUT2D eigenvalue weighted by Gasteiger charge is -2.11. The van der Waals surface area contributed by atoms with Crippen LogP contribution in [0.25, 0.3) is 0 Å². The molecule has 1 aromatic heterocycles. The van der Waals surface area contributed by atoms with Crippen molar-refractivity contribution in [2.45, 2.75) is 13.8 Å². The molecule has 0 aliphatic heterocycles. The van der Waals surface area contributed by atoms with Crippen molar-refractivity contribution in [2.75, 3.05) is 0 Å². The van der Waals surface area contributed by atoms with Gasteiger partial charge in [0, 0.05) is 0 Å². The molecule has 0 fully saturated rings. The van der Waals surface area contributed by atoms with Gasteiger partial charge < -0.3 is 4.74 Å². The average molecular weight is 271 g/mol. The van der Waals surface area contributed by atoms with Crippen LogP contribution in [0.5, 0.6) is 11.5 Å². The Balaban J connectivity index is 2.52. The molecule has 0 spiro atoms. The Morgan fingerprint density at radius 3 is 2.11 bits per heavy atom. The number of benzene rings is 1. The molecule has 0 aliphatic carbocycles. The minimum Gasteiger partial charge on any atom is -0.451 e. The molecule has 2 rings (SSSR count). The number of rotatable bonds is 2. The second-order valence-corrected chi connectivity index (χ2v) is 4.02.